The highest BCUT2D eigenvalue weighted by Crippen LogP contribution is 2.18. The van der Waals surface area contributed by atoms with Crippen LogP contribution in [0.5, 0.6) is 5.75 Å². The van der Waals surface area contributed by atoms with Crippen molar-refractivity contribution >= 4 is 17.1 Å². The monoisotopic (exact) mass is 442 g/mol. The molecule has 0 atom stereocenters. The average molecular weight is 443 g/mol. The third-order valence-electron chi connectivity index (χ3n) is 5.36. The molecule has 0 aliphatic rings. The number of aryl methyl sites for hydroxylation is 1. The molecule has 0 saturated heterocycles. The van der Waals surface area contributed by atoms with Crippen LogP contribution in [-0.4, -0.2) is 26.5 Å². The van der Waals surface area contributed by atoms with Gasteiger partial charge in [-0.25, -0.2) is 9.97 Å². The van der Waals surface area contributed by atoms with Gasteiger partial charge < -0.3 is 14.6 Å². The Labute approximate surface area is 194 Å². The van der Waals surface area contributed by atoms with Crippen molar-refractivity contribution < 1.29 is 9.53 Å². The van der Waals surface area contributed by atoms with Crippen LogP contribution in [0.1, 0.15) is 43.6 Å². The Balaban J connectivity index is 1.32. The van der Waals surface area contributed by atoms with Crippen molar-refractivity contribution in [3.63, 3.8) is 0 Å². The van der Waals surface area contributed by atoms with Crippen molar-refractivity contribution in [1.29, 1.82) is 0 Å². The zero-order chi connectivity index (χ0) is 23.0. The predicted octanol–water partition coefficient (Wildman–Crippen LogP) is 4.91. The molecule has 1 amide bonds. The fourth-order valence-corrected chi connectivity index (χ4v) is 3.78. The summed E-state index contributed by atoms with van der Waals surface area (Å²) in [4.78, 5) is 21.7. The second-order valence-corrected chi connectivity index (χ2v) is 8.39. The van der Waals surface area contributed by atoms with Gasteiger partial charge in [-0.2, -0.15) is 0 Å². The lowest BCUT2D eigenvalue weighted by Crippen LogP contribution is -2.22. The number of ether oxygens (including phenoxy) is 1. The number of rotatable bonds is 10. The van der Waals surface area contributed by atoms with E-state index in [1.54, 1.807) is 6.20 Å². The number of aromatic nitrogens is 3. The molecule has 0 saturated carbocycles. The van der Waals surface area contributed by atoms with E-state index in [-0.39, 0.29) is 12.0 Å². The third kappa shape index (κ3) is 6.19. The molecule has 0 bridgehead atoms. The summed E-state index contributed by atoms with van der Waals surface area (Å²) in [6, 6.07) is 22.0. The summed E-state index contributed by atoms with van der Waals surface area (Å²) in [6.07, 6.45) is 3.84. The third-order valence-corrected chi connectivity index (χ3v) is 5.36. The number of hydrogen-bond donors (Lipinski definition) is 1. The van der Waals surface area contributed by atoms with E-state index in [1.165, 1.54) is 5.56 Å². The van der Waals surface area contributed by atoms with E-state index < -0.39 is 0 Å². The summed E-state index contributed by atoms with van der Waals surface area (Å²) in [5, 5.41) is 3.01. The Morgan fingerprint density at radius 3 is 2.55 bits per heavy atom. The van der Waals surface area contributed by atoms with Crippen LogP contribution in [0, 0.1) is 0 Å². The predicted molar refractivity (Wildman–Crippen MR) is 130 cm³/mol. The summed E-state index contributed by atoms with van der Waals surface area (Å²) in [6.45, 7) is 5.23. The normalized spacial score (nSPS) is 11.1. The first-order chi connectivity index (χ1) is 16.1. The lowest BCUT2D eigenvalue weighted by atomic mass is 10.2. The lowest BCUT2D eigenvalue weighted by Gasteiger charge is -2.11. The minimum atomic E-state index is 0.0429. The van der Waals surface area contributed by atoms with Gasteiger partial charge in [0.25, 0.3) is 0 Å². The van der Waals surface area contributed by atoms with E-state index in [4.69, 9.17) is 9.72 Å². The number of benzene rings is 2. The van der Waals surface area contributed by atoms with E-state index in [2.05, 4.69) is 27.0 Å². The number of amides is 1. The van der Waals surface area contributed by atoms with E-state index in [0.29, 0.717) is 19.5 Å². The maximum Gasteiger partial charge on any atom is 0.220 e. The molecule has 6 heteroatoms. The highest BCUT2D eigenvalue weighted by Gasteiger charge is 2.13. The van der Waals surface area contributed by atoms with Gasteiger partial charge in [-0.15, -0.1) is 0 Å². The number of pyridine rings is 1. The maximum atomic E-state index is 12.4. The van der Waals surface area contributed by atoms with E-state index in [0.717, 1.165) is 41.1 Å². The van der Waals surface area contributed by atoms with Gasteiger partial charge in [-0.1, -0.05) is 42.5 Å². The van der Waals surface area contributed by atoms with Crippen LogP contribution < -0.4 is 10.1 Å². The first-order valence-electron chi connectivity index (χ1n) is 11.4. The zero-order valence-corrected chi connectivity index (χ0v) is 19.2. The van der Waals surface area contributed by atoms with Crippen LogP contribution in [0.2, 0.25) is 0 Å². The van der Waals surface area contributed by atoms with Crippen LogP contribution in [0.3, 0.4) is 0 Å². The highest BCUT2D eigenvalue weighted by molar-refractivity contribution is 5.76. The number of carbonyl (C=O) groups excluding carboxylic acids is 1. The highest BCUT2D eigenvalue weighted by atomic mass is 16.5. The summed E-state index contributed by atoms with van der Waals surface area (Å²) in [5.74, 6) is 1.84. The molecule has 0 fully saturated rings. The zero-order valence-electron chi connectivity index (χ0n) is 19.2. The smallest absolute Gasteiger partial charge is 0.220 e. The summed E-state index contributed by atoms with van der Waals surface area (Å²) < 4.78 is 7.82. The number of hydrogen-bond acceptors (Lipinski definition) is 4. The SMILES string of the molecule is CC(C)Oc1ccc(CNC(=O)CCCc2nc3cccnc3n2Cc2ccccc2)cc1. The van der Waals surface area contributed by atoms with Crippen molar-refractivity contribution in [1.82, 2.24) is 19.9 Å². The molecule has 0 unspecified atom stereocenters. The molecule has 1 N–H and O–H groups in total. The molecule has 33 heavy (non-hydrogen) atoms. The molecule has 0 aliphatic heterocycles. The molecule has 4 aromatic rings. The molecular formula is C27H30N4O2. The van der Waals surface area contributed by atoms with E-state index in [9.17, 15) is 4.79 Å². The second kappa shape index (κ2) is 10.8. The van der Waals surface area contributed by atoms with Gasteiger partial charge in [0.15, 0.2) is 5.65 Å². The molecule has 2 aromatic carbocycles. The van der Waals surface area contributed by atoms with Crippen molar-refractivity contribution in [2.45, 2.75) is 52.3 Å². The quantitative estimate of drug-likeness (QED) is 0.379. The molecule has 4 rings (SSSR count). The summed E-state index contributed by atoms with van der Waals surface area (Å²) in [5.41, 5.74) is 4.02. The van der Waals surface area contributed by atoms with Gasteiger partial charge in [-0.3, -0.25) is 4.79 Å². The molecule has 0 aliphatic carbocycles. The molecule has 6 nitrogen and oxygen atoms in total. The largest absolute Gasteiger partial charge is 0.491 e. The molecule has 0 radical (unpaired) electrons. The minimum absolute atomic E-state index is 0.0429. The Morgan fingerprint density at radius 2 is 1.79 bits per heavy atom. The van der Waals surface area contributed by atoms with Crippen molar-refractivity contribution in [3.8, 4) is 5.75 Å². The summed E-state index contributed by atoms with van der Waals surface area (Å²) >= 11 is 0. The topological polar surface area (TPSA) is 69.0 Å². The van der Waals surface area contributed by atoms with Crippen LogP contribution in [0.15, 0.2) is 72.9 Å². The first kappa shape index (κ1) is 22.5. The van der Waals surface area contributed by atoms with Gasteiger partial charge >= 0.3 is 0 Å². The first-order valence-corrected chi connectivity index (χ1v) is 11.4. The lowest BCUT2D eigenvalue weighted by molar-refractivity contribution is -0.121. The fourth-order valence-electron chi connectivity index (χ4n) is 3.78. The fraction of sp³-hybridized carbons (Fsp3) is 0.296. The van der Waals surface area contributed by atoms with Crippen LogP contribution in [0.25, 0.3) is 11.2 Å². The van der Waals surface area contributed by atoms with Crippen molar-refractivity contribution in [3.05, 3.63) is 89.9 Å². The average Bonchev–Trinajstić information content (AvgIpc) is 3.16. The number of fused-ring (bicyclic) bond motifs is 1. The Bertz CT molecular complexity index is 1180. The van der Waals surface area contributed by atoms with Crippen LogP contribution in [-0.2, 0) is 24.3 Å². The maximum absolute atomic E-state index is 12.4. The molecule has 0 spiro atoms. The van der Waals surface area contributed by atoms with Crippen LogP contribution in [0.4, 0.5) is 0 Å². The van der Waals surface area contributed by atoms with Gasteiger partial charge in [0, 0.05) is 25.6 Å². The molecule has 2 aromatic heterocycles. The van der Waals surface area contributed by atoms with Crippen LogP contribution >= 0.6 is 0 Å². The minimum Gasteiger partial charge on any atom is -0.491 e. The number of imidazole rings is 1. The number of nitrogens with one attached hydrogen (secondary N) is 1. The van der Waals surface area contributed by atoms with Gasteiger partial charge in [0.2, 0.25) is 5.91 Å². The molecule has 170 valence electrons. The second-order valence-electron chi connectivity index (χ2n) is 8.39. The van der Waals surface area contributed by atoms with Gasteiger partial charge in [0.05, 0.1) is 12.6 Å². The Morgan fingerprint density at radius 1 is 1.00 bits per heavy atom. The van der Waals surface area contributed by atoms with E-state index >= 15 is 0 Å². The van der Waals surface area contributed by atoms with E-state index in [1.807, 2.05) is 68.4 Å². The standard InChI is InChI=1S/C27H30N4O2/c1-20(2)33-23-15-13-21(14-16-23)18-29-26(32)12-6-11-25-30-24-10-7-17-28-27(24)31(25)19-22-8-4-3-5-9-22/h3-5,7-10,13-17,20H,6,11-12,18-19H2,1-2H3,(H,29,32). The molecule has 2 heterocycles. The number of nitrogens with zero attached hydrogens (tertiary/aromatic N) is 3. The Kier molecular flexibility index (Phi) is 7.35. The van der Waals surface area contributed by atoms with Crippen molar-refractivity contribution in [2.75, 3.05) is 0 Å². The number of carbonyl (C=O) groups is 1. The molecular weight excluding hydrogens is 412 g/mol. The van der Waals surface area contributed by atoms with Gasteiger partial charge in [0.1, 0.15) is 17.1 Å². The van der Waals surface area contributed by atoms with Crippen molar-refractivity contribution in [2.24, 2.45) is 0 Å². The van der Waals surface area contributed by atoms with Gasteiger partial charge in [-0.05, 0) is 55.7 Å². The summed E-state index contributed by atoms with van der Waals surface area (Å²) in [7, 11) is 0. The Hall–Kier alpha value is -3.67.